The number of aliphatic hydroxyl groups is 1. The zero-order valence-electron chi connectivity index (χ0n) is 16.9. The van der Waals surface area contributed by atoms with Gasteiger partial charge in [-0.3, -0.25) is 14.3 Å². The Kier molecular flexibility index (Phi) is 5.17. The number of amides is 2. The molecule has 1 spiro atoms. The Labute approximate surface area is 170 Å². The molecule has 4 rings (SSSR count). The number of β-amino-alcohol motifs (C(OH)–C–C–N with tert-alkyl or cyclic N) is 1. The minimum atomic E-state index is -0.627. The average molecular weight is 396 g/mol. The standard InChI is InChI=1S/C22H28N4O3/c1-3-19(28)23-12-16-20(15-8-6-5-7-9-15)22(16)14-25(13-18(22)27)21(29)17-10-11-24-26(17)4-2/h5-11,16,18,20,27H,3-4,12-14H2,1-2H3,(H,23,28)/t16-,18-,20-,22-/m1/s1. The van der Waals surface area contributed by atoms with Gasteiger partial charge in [0.15, 0.2) is 0 Å². The Balaban J connectivity index is 1.58. The van der Waals surface area contributed by atoms with Gasteiger partial charge in [0, 0.05) is 44.2 Å². The predicted molar refractivity (Wildman–Crippen MR) is 108 cm³/mol. The molecular weight excluding hydrogens is 368 g/mol. The van der Waals surface area contributed by atoms with Gasteiger partial charge in [-0.2, -0.15) is 5.10 Å². The minimum Gasteiger partial charge on any atom is -0.391 e. The lowest BCUT2D eigenvalue weighted by Crippen LogP contribution is -2.32. The van der Waals surface area contributed by atoms with Crippen LogP contribution in [0.2, 0.25) is 0 Å². The Bertz CT molecular complexity index is 896. The van der Waals surface area contributed by atoms with Crippen LogP contribution < -0.4 is 5.32 Å². The average Bonchev–Trinajstić information content (AvgIpc) is 3.02. The van der Waals surface area contributed by atoms with E-state index in [9.17, 15) is 14.7 Å². The van der Waals surface area contributed by atoms with Crippen molar-refractivity contribution in [1.29, 1.82) is 0 Å². The van der Waals surface area contributed by atoms with Crippen LogP contribution in [0.15, 0.2) is 42.6 Å². The van der Waals surface area contributed by atoms with E-state index < -0.39 is 11.5 Å². The summed E-state index contributed by atoms with van der Waals surface area (Å²) in [7, 11) is 0. The largest absolute Gasteiger partial charge is 0.391 e. The number of carbonyl (C=O) groups is 2. The summed E-state index contributed by atoms with van der Waals surface area (Å²) in [5.74, 6) is 0.121. The van der Waals surface area contributed by atoms with Crippen molar-refractivity contribution in [1.82, 2.24) is 20.0 Å². The Hall–Kier alpha value is -2.67. The maximum atomic E-state index is 13.1. The number of aromatic nitrogens is 2. The quantitative estimate of drug-likeness (QED) is 0.777. The SMILES string of the molecule is CCC(=O)NC[C@@H]1[C@@H](c2ccccc2)[C@]12CN(C(=O)c1ccnn1CC)C[C@H]2O. The van der Waals surface area contributed by atoms with Crippen LogP contribution in [0.25, 0.3) is 0 Å². The molecule has 0 bridgehead atoms. The van der Waals surface area contributed by atoms with Crippen LogP contribution in [-0.4, -0.2) is 57.3 Å². The summed E-state index contributed by atoms with van der Waals surface area (Å²) in [5.41, 5.74) is 1.27. The van der Waals surface area contributed by atoms with Crippen molar-refractivity contribution in [2.24, 2.45) is 11.3 Å². The Morgan fingerprint density at radius 1 is 1.24 bits per heavy atom. The molecule has 7 nitrogen and oxygen atoms in total. The van der Waals surface area contributed by atoms with Gasteiger partial charge in [0.25, 0.3) is 5.91 Å². The summed E-state index contributed by atoms with van der Waals surface area (Å²) in [6.07, 6.45) is 1.44. The van der Waals surface area contributed by atoms with E-state index in [4.69, 9.17) is 0 Å². The lowest BCUT2D eigenvalue weighted by Gasteiger charge is -2.17. The molecule has 2 amide bonds. The first-order valence-electron chi connectivity index (χ1n) is 10.3. The number of likely N-dealkylation sites (tertiary alicyclic amines) is 1. The zero-order valence-corrected chi connectivity index (χ0v) is 16.9. The number of nitrogens with zero attached hydrogens (tertiary/aromatic N) is 3. The highest BCUT2D eigenvalue weighted by molar-refractivity contribution is 5.93. The molecule has 29 heavy (non-hydrogen) atoms. The molecule has 154 valence electrons. The van der Waals surface area contributed by atoms with Crippen molar-refractivity contribution in [3.63, 3.8) is 0 Å². The molecule has 1 aromatic heterocycles. The maximum Gasteiger partial charge on any atom is 0.272 e. The van der Waals surface area contributed by atoms with Gasteiger partial charge in [0.2, 0.25) is 5.91 Å². The maximum absolute atomic E-state index is 13.1. The van der Waals surface area contributed by atoms with Crippen molar-refractivity contribution in [2.45, 2.75) is 38.8 Å². The van der Waals surface area contributed by atoms with Crippen molar-refractivity contribution >= 4 is 11.8 Å². The third-order valence-corrected chi connectivity index (χ3v) is 6.56. The number of hydrogen-bond donors (Lipinski definition) is 2. The zero-order chi connectivity index (χ0) is 20.6. The molecule has 1 aliphatic heterocycles. The van der Waals surface area contributed by atoms with E-state index in [-0.39, 0.29) is 23.7 Å². The molecule has 1 saturated heterocycles. The van der Waals surface area contributed by atoms with Gasteiger partial charge in [-0.1, -0.05) is 37.3 Å². The first-order valence-corrected chi connectivity index (χ1v) is 10.3. The molecule has 0 radical (unpaired) electrons. The van der Waals surface area contributed by atoms with E-state index in [1.165, 1.54) is 0 Å². The third kappa shape index (κ3) is 3.23. The minimum absolute atomic E-state index is 0.00567. The molecule has 2 N–H and O–H groups in total. The van der Waals surface area contributed by atoms with E-state index >= 15 is 0 Å². The molecule has 2 aliphatic rings. The van der Waals surface area contributed by atoms with Gasteiger partial charge >= 0.3 is 0 Å². The van der Waals surface area contributed by atoms with Crippen LogP contribution in [-0.2, 0) is 11.3 Å². The normalized spacial score (nSPS) is 28.0. The van der Waals surface area contributed by atoms with Gasteiger partial charge in [-0.05, 0) is 30.4 Å². The van der Waals surface area contributed by atoms with Gasteiger partial charge in [-0.25, -0.2) is 0 Å². The van der Waals surface area contributed by atoms with Crippen molar-refractivity contribution in [3.8, 4) is 0 Å². The second-order valence-electron chi connectivity index (χ2n) is 8.00. The Morgan fingerprint density at radius 3 is 2.69 bits per heavy atom. The summed E-state index contributed by atoms with van der Waals surface area (Å²) in [6, 6.07) is 11.8. The smallest absolute Gasteiger partial charge is 0.272 e. The fourth-order valence-corrected chi connectivity index (χ4v) is 5.03. The summed E-state index contributed by atoms with van der Waals surface area (Å²) >= 11 is 0. The first kappa shape index (κ1) is 19.6. The van der Waals surface area contributed by atoms with Crippen molar-refractivity contribution in [3.05, 3.63) is 53.9 Å². The van der Waals surface area contributed by atoms with Gasteiger partial charge in [0.05, 0.1) is 6.10 Å². The molecular formula is C22H28N4O3. The number of carbonyl (C=O) groups excluding carboxylic acids is 2. The van der Waals surface area contributed by atoms with E-state index in [0.29, 0.717) is 38.3 Å². The van der Waals surface area contributed by atoms with Crippen LogP contribution in [0.4, 0.5) is 0 Å². The molecule has 1 aliphatic carbocycles. The highest BCUT2D eigenvalue weighted by atomic mass is 16.3. The lowest BCUT2D eigenvalue weighted by molar-refractivity contribution is -0.120. The summed E-state index contributed by atoms with van der Waals surface area (Å²) < 4.78 is 1.68. The van der Waals surface area contributed by atoms with Gasteiger partial charge in [0.1, 0.15) is 5.69 Å². The van der Waals surface area contributed by atoms with Crippen molar-refractivity contribution < 1.29 is 14.7 Å². The van der Waals surface area contributed by atoms with E-state index in [1.54, 1.807) is 21.8 Å². The van der Waals surface area contributed by atoms with Crippen molar-refractivity contribution in [2.75, 3.05) is 19.6 Å². The number of nitrogens with one attached hydrogen (secondary N) is 1. The molecule has 2 heterocycles. The molecule has 2 fully saturated rings. The number of aryl methyl sites for hydroxylation is 1. The second kappa shape index (κ2) is 7.63. The number of rotatable bonds is 6. The van der Waals surface area contributed by atoms with Crippen LogP contribution in [0, 0.1) is 11.3 Å². The Morgan fingerprint density at radius 2 is 2.00 bits per heavy atom. The monoisotopic (exact) mass is 396 g/mol. The highest BCUT2D eigenvalue weighted by Gasteiger charge is 2.71. The van der Waals surface area contributed by atoms with E-state index in [0.717, 1.165) is 5.56 Å². The first-order chi connectivity index (χ1) is 14.0. The van der Waals surface area contributed by atoms with Crippen LogP contribution in [0.5, 0.6) is 0 Å². The molecule has 7 heteroatoms. The number of aliphatic hydroxyl groups excluding tert-OH is 1. The fraction of sp³-hybridized carbons (Fsp3) is 0.500. The van der Waals surface area contributed by atoms with Gasteiger partial charge < -0.3 is 15.3 Å². The molecule has 1 aromatic carbocycles. The predicted octanol–water partition coefficient (Wildman–Crippen LogP) is 1.65. The second-order valence-corrected chi connectivity index (χ2v) is 8.00. The van der Waals surface area contributed by atoms with E-state index in [2.05, 4.69) is 22.5 Å². The number of benzene rings is 1. The van der Waals surface area contributed by atoms with Gasteiger partial charge in [-0.15, -0.1) is 0 Å². The number of hydrogen-bond acceptors (Lipinski definition) is 4. The van der Waals surface area contributed by atoms with Crippen LogP contribution in [0.3, 0.4) is 0 Å². The summed E-state index contributed by atoms with van der Waals surface area (Å²) in [5, 5.41) is 18.2. The van der Waals surface area contributed by atoms with E-state index in [1.807, 2.05) is 32.0 Å². The summed E-state index contributed by atoms with van der Waals surface area (Å²) in [6.45, 7) is 5.69. The van der Waals surface area contributed by atoms with Crippen LogP contribution >= 0.6 is 0 Å². The topological polar surface area (TPSA) is 87.5 Å². The molecule has 0 unspecified atom stereocenters. The fourth-order valence-electron chi connectivity index (χ4n) is 5.03. The highest BCUT2D eigenvalue weighted by Crippen LogP contribution is 2.68. The van der Waals surface area contributed by atoms with Crippen LogP contribution in [0.1, 0.15) is 42.2 Å². The molecule has 1 saturated carbocycles. The summed E-state index contributed by atoms with van der Waals surface area (Å²) in [4.78, 5) is 26.7. The molecule has 4 atom stereocenters. The molecule has 2 aromatic rings. The lowest BCUT2D eigenvalue weighted by atomic mass is 9.95. The third-order valence-electron chi connectivity index (χ3n) is 6.56.